The van der Waals surface area contributed by atoms with Gasteiger partial charge in [0.1, 0.15) is 17.0 Å². The number of primary amides is 1. The fraction of sp³-hybridized carbons (Fsp3) is 0.273. The summed E-state index contributed by atoms with van der Waals surface area (Å²) in [5.41, 5.74) is 4.43. The zero-order valence-corrected chi connectivity index (χ0v) is 21.1. The van der Waals surface area contributed by atoms with Crippen LogP contribution in [-0.4, -0.2) is 51.3 Å². The summed E-state index contributed by atoms with van der Waals surface area (Å²) >= 11 is 1.31. The van der Waals surface area contributed by atoms with Gasteiger partial charge in [-0.1, -0.05) is 6.07 Å². The number of rotatable bonds is 9. The van der Waals surface area contributed by atoms with Gasteiger partial charge in [-0.2, -0.15) is 9.86 Å². The van der Waals surface area contributed by atoms with Gasteiger partial charge in [0.15, 0.2) is 18.2 Å². The molecule has 3 heterocycles. The first kappa shape index (κ1) is 25.6. The van der Waals surface area contributed by atoms with Gasteiger partial charge in [-0.05, 0) is 43.0 Å². The summed E-state index contributed by atoms with van der Waals surface area (Å²) in [5, 5.41) is 20.0. The molecule has 2 unspecified atom stereocenters. The van der Waals surface area contributed by atoms with Gasteiger partial charge >= 0.3 is 7.52 Å². The van der Waals surface area contributed by atoms with Crippen LogP contribution in [0.1, 0.15) is 18.9 Å². The predicted molar refractivity (Wildman–Crippen MR) is 135 cm³/mol. The van der Waals surface area contributed by atoms with Crippen LogP contribution in [0.2, 0.25) is 0 Å². The van der Waals surface area contributed by atoms with Crippen molar-refractivity contribution in [1.82, 2.24) is 9.78 Å². The second-order valence-corrected chi connectivity index (χ2v) is 10.7. The number of aryl methyl sites for hydroxylation is 1. The summed E-state index contributed by atoms with van der Waals surface area (Å²) in [4.78, 5) is 35.7. The third-order valence-corrected chi connectivity index (χ3v) is 7.77. The molecule has 14 heteroatoms. The van der Waals surface area contributed by atoms with Crippen LogP contribution in [0, 0.1) is 0 Å². The van der Waals surface area contributed by atoms with Crippen LogP contribution in [0.25, 0.3) is 10.6 Å². The summed E-state index contributed by atoms with van der Waals surface area (Å²) in [6, 6.07) is 7.68. The third kappa shape index (κ3) is 5.19. The van der Waals surface area contributed by atoms with E-state index in [1.807, 2.05) is 6.92 Å². The number of fused-ring (bicyclic) bond motifs is 1. The molecule has 1 amide bonds. The van der Waals surface area contributed by atoms with Crippen molar-refractivity contribution >= 4 is 41.6 Å². The highest BCUT2D eigenvalue weighted by Gasteiger charge is 2.34. The number of nitrogens with zero attached hydrogens (tertiary/aromatic N) is 3. The summed E-state index contributed by atoms with van der Waals surface area (Å²) in [5.74, 6) is -1.29. The first-order chi connectivity index (χ1) is 17.1. The fourth-order valence-corrected chi connectivity index (χ4v) is 5.46. The number of carbonyl (C=O) groups is 1. The molecule has 36 heavy (non-hydrogen) atoms. The summed E-state index contributed by atoms with van der Waals surface area (Å²) in [7, 11) is -2.85. The van der Waals surface area contributed by atoms with Gasteiger partial charge < -0.3 is 30.5 Å². The number of benzene rings is 1. The van der Waals surface area contributed by atoms with Gasteiger partial charge in [0.2, 0.25) is 0 Å². The van der Waals surface area contributed by atoms with Crippen molar-refractivity contribution in [3.05, 3.63) is 51.6 Å². The van der Waals surface area contributed by atoms with Crippen LogP contribution < -0.4 is 26.7 Å². The Morgan fingerprint density at radius 1 is 1.36 bits per heavy atom. The number of hydrogen-bond donors (Lipinski definition) is 4. The maximum Gasteiger partial charge on any atom is 0.346 e. The maximum absolute atomic E-state index is 13.4. The molecule has 0 spiro atoms. The number of nitrogens with one attached hydrogen (secondary N) is 1. The Balaban J connectivity index is 1.81. The van der Waals surface area contributed by atoms with Crippen molar-refractivity contribution < 1.29 is 28.8 Å². The molecule has 0 radical (unpaired) electrons. The summed E-state index contributed by atoms with van der Waals surface area (Å²) < 4.78 is 28.7. The maximum atomic E-state index is 13.4. The SMILES string of the molecule is COC(C)CCn1nc(-c2cccs2)c(O)c(C2=NP(=O)(O)c3cc(OCC(N)=O)ccc3N2)c1=O. The van der Waals surface area contributed by atoms with E-state index >= 15 is 0 Å². The molecule has 0 aliphatic carbocycles. The van der Waals surface area contributed by atoms with Crippen LogP contribution >= 0.6 is 18.9 Å². The highest BCUT2D eigenvalue weighted by Crippen LogP contribution is 2.48. The molecule has 1 aliphatic rings. The number of nitrogens with two attached hydrogens (primary N) is 1. The van der Waals surface area contributed by atoms with E-state index in [4.69, 9.17) is 15.2 Å². The van der Waals surface area contributed by atoms with Gasteiger partial charge in [0.05, 0.1) is 22.0 Å². The molecule has 1 aliphatic heterocycles. The number of carbonyl (C=O) groups excluding carboxylic acids is 1. The van der Waals surface area contributed by atoms with Crippen LogP contribution in [0.3, 0.4) is 0 Å². The van der Waals surface area contributed by atoms with Crippen molar-refractivity contribution in [2.24, 2.45) is 10.5 Å². The zero-order chi connectivity index (χ0) is 26.0. The Kier molecular flexibility index (Phi) is 7.27. The molecule has 190 valence electrons. The third-order valence-electron chi connectivity index (χ3n) is 5.42. The zero-order valence-electron chi connectivity index (χ0n) is 19.4. The number of amidine groups is 1. The van der Waals surface area contributed by atoms with E-state index in [2.05, 4.69) is 15.2 Å². The molecule has 3 aromatic rings. The lowest BCUT2D eigenvalue weighted by Gasteiger charge is -2.23. The standard InChI is InChI=1S/C22H24N5O7PS/c1-12(33-2)7-8-27-22(30)18(20(29)19(25-27)16-4-3-9-36-16)21-24-14-6-5-13(34-11-17(23)28)10-15(14)35(31,32)26-21/h3-6,9-10,12,29H,7-8,11H2,1-2H3,(H2,23,28)(H2,24,26,31,32). The number of ether oxygens (including phenoxy) is 2. The topological polar surface area (TPSA) is 178 Å². The van der Waals surface area contributed by atoms with E-state index < -0.39 is 31.3 Å². The number of methoxy groups -OCH3 is 1. The molecule has 2 aromatic heterocycles. The lowest BCUT2D eigenvalue weighted by Crippen LogP contribution is -2.35. The van der Waals surface area contributed by atoms with Crippen molar-refractivity contribution in [3.8, 4) is 22.1 Å². The van der Waals surface area contributed by atoms with Crippen LogP contribution in [0.4, 0.5) is 5.69 Å². The number of aromatic nitrogens is 2. The molecule has 0 fully saturated rings. The lowest BCUT2D eigenvalue weighted by atomic mass is 10.1. The van der Waals surface area contributed by atoms with Gasteiger partial charge in [0.25, 0.3) is 11.5 Å². The monoisotopic (exact) mass is 533 g/mol. The number of anilines is 1. The molecule has 0 bridgehead atoms. The second-order valence-electron chi connectivity index (χ2n) is 7.96. The van der Waals surface area contributed by atoms with Crippen LogP contribution in [-0.2, 0) is 20.6 Å². The van der Waals surface area contributed by atoms with Gasteiger partial charge in [-0.3, -0.25) is 14.2 Å². The molecule has 2 atom stereocenters. The van der Waals surface area contributed by atoms with E-state index in [1.165, 1.54) is 34.2 Å². The van der Waals surface area contributed by atoms with Crippen LogP contribution in [0.15, 0.2) is 45.3 Å². The first-order valence-electron chi connectivity index (χ1n) is 10.8. The molecular formula is C22H24N5O7PS. The van der Waals surface area contributed by atoms with Crippen LogP contribution in [0.5, 0.6) is 11.5 Å². The minimum absolute atomic E-state index is 0.0884. The van der Waals surface area contributed by atoms with E-state index in [0.717, 1.165) is 0 Å². The minimum atomic E-state index is -4.41. The van der Waals surface area contributed by atoms with E-state index in [-0.39, 0.29) is 46.5 Å². The molecule has 1 aromatic carbocycles. The van der Waals surface area contributed by atoms with E-state index in [9.17, 15) is 24.2 Å². The summed E-state index contributed by atoms with van der Waals surface area (Å²) in [6.07, 6.45) is 0.314. The molecule has 12 nitrogen and oxygen atoms in total. The Labute approximate surface area is 209 Å². The average Bonchev–Trinajstić information content (AvgIpc) is 3.36. The molecule has 5 N–H and O–H groups in total. The number of hydrogen-bond acceptors (Lipinski definition) is 9. The van der Waals surface area contributed by atoms with Gasteiger partial charge in [-0.15, -0.1) is 11.3 Å². The second kappa shape index (κ2) is 10.2. The predicted octanol–water partition coefficient (Wildman–Crippen LogP) is 1.65. The quantitative estimate of drug-likeness (QED) is 0.298. The van der Waals surface area contributed by atoms with Crippen molar-refractivity contribution in [1.29, 1.82) is 0 Å². The average molecular weight is 534 g/mol. The van der Waals surface area contributed by atoms with Gasteiger partial charge in [-0.25, -0.2) is 4.68 Å². The molecular weight excluding hydrogens is 509 g/mol. The van der Waals surface area contributed by atoms with Gasteiger partial charge in [0, 0.05) is 13.7 Å². The highest BCUT2D eigenvalue weighted by atomic mass is 32.1. The Morgan fingerprint density at radius 2 is 2.14 bits per heavy atom. The normalized spacial score (nSPS) is 17.6. The lowest BCUT2D eigenvalue weighted by molar-refractivity contribution is -0.119. The minimum Gasteiger partial charge on any atom is -0.505 e. The highest BCUT2D eigenvalue weighted by molar-refractivity contribution is 7.65. The van der Waals surface area contributed by atoms with E-state index in [0.29, 0.717) is 11.3 Å². The first-order valence-corrected chi connectivity index (χ1v) is 13.3. The largest absolute Gasteiger partial charge is 0.505 e. The van der Waals surface area contributed by atoms with Crippen molar-refractivity contribution in [3.63, 3.8) is 0 Å². The number of thiophene rings is 1. The number of amides is 1. The Hall–Kier alpha value is -3.51. The smallest absolute Gasteiger partial charge is 0.346 e. The van der Waals surface area contributed by atoms with E-state index in [1.54, 1.807) is 24.6 Å². The molecule has 0 saturated heterocycles. The molecule has 0 saturated carbocycles. The Bertz CT molecular complexity index is 1440. The number of aromatic hydroxyl groups is 1. The summed E-state index contributed by atoms with van der Waals surface area (Å²) in [6.45, 7) is 1.62. The molecule has 4 rings (SSSR count). The van der Waals surface area contributed by atoms with Crippen molar-refractivity contribution in [2.75, 3.05) is 19.0 Å². The van der Waals surface area contributed by atoms with Crippen molar-refractivity contribution in [2.45, 2.75) is 26.0 Å². The Morgan fingerprint density at radius 3 is 2.81 bits per heavy atom. The fourth-order valence-electron chi connectivity index (χ4n) is 3.49.